The highest BCUT2D eigenvalue weighted by Gasteiger charge is 2.40. The number of nitrogens with zero attached hydrogens (tertiary/aromatic N) is 2. The van der Waals surface area contributed by atoms with Gasteiger partial charge in [-0.25, -0.2) is 4.98 Å². The summed E-state index contributed by atoms with van der Waals surface area (Å²) >= 11 is 0. The number of rotatable bonds is 7. The van der Waals surface area contributed by atoms with E-state index in [0.717, 1.165) is 18.7 Å². The van der Waals surface area contributed by atoms with Crippen molar-refractivity contribution in [2.75, 3.05) is 6.61 Å². The molecule has 2 rings (SSSR count). The maximum absolute atomic E-state index is 12.3. The molecule has 0 aromatic carbocycles. The van der Waals surface area contributed by atoms with E-state index in [2.05, 4.69) is 21.8 Å². The van der Waals surface area contributed by atoms with Crippen LogP contribution in [0.1, 0.15) is 51.9 Å². The third-order valence-electron chi connectivity index (χ3n) is 3.87. The zero-order valence-electron chi connectivity index (χ0n) is 12.8. The summed E-state index contributed by atoms with van der Waals surface area (Å²) in [6, 6.07) is 0.652. The molecule has 0 saturated heterocycles. The van der Waals surface area contributed by atoms with Gasteiger partial charge >= 0.3 is 5.97 Å². The maximum Gasteiger partial charge on any atom is 0.326 e. The van der Waals surface area contributed by atoms with Crippen molar-refractivity contribution in [3.8, 4) is 0 Å². The predicted molar refractivity (Wildman–Crippen MR) is 77.5 cm³/mol. The van der Waals surface area contributed by atoms with Crippen LogP contribution >= 0.6 is 0 Å². The summed E-state index contributed by atoms with van der Waals surface area (Å²) in [5.41, 5.74) is -0.632. The third kappa shape index (κ3) is 3.39. The van der Waals surface area contributed by atoms with Crippen LogP contribution in [0.5, 0.6) is 0 Å². The molecule has 1 aromatic heterocycles. The fraction of sp³-hybridized carbons (Fsp3) is 0.733. The first kappa shape index (κ1) is 15.0. The lowest BCUT2D eigenvalue weighted by Gasteiger charge is -2.32. The molecule has 5 heteroatoms. The Morgan fingerprint density at radius 1 is 1.65 bits per heavy atom. The van der Waals surface area contributed by atoms with E-state index in [1.54, 1.807) is 6.20 Å². The highest BCUT2D eigenvalue weighted by atomic mass is 16.5. The van der Waals surface area contributed by atoms with E-state index >= 15 is 0 Å². The van der Waals surface area contributed by atoms with Gasteiger partial charge in [-0.15, -0.1) is 0 Å². The second-order valence-corrected chi connectivity index (χ2v) is 5.91. The summed E-state index contributed by atoms with van der Waals surface area (Å²) in [6.45, 7) is 8.30. The lowest BCUT2D eigenvalue weighted by Crippen LogP contribution is -2.52. The Labute approximate surface area is 120 Å². The molecule has 2 unspecified atom stereocenters. The minimum Gasteiger partial charge on any atom is -0.465 e. The number of carbonyl (C=O) groups is 1. The van der Waals surface area contributed by atoms with Crippen molar-refractivity contribution in [1.82, 2.24) is 14.9 Å². The number of esters is 1. The molecule has 20 heavy (non-hydrogen) atoms. The summed E-state index contributed by atoms with van der Waals surface area (Å²) in [6.07, 6.45) is 6.74. The van der Waals surface area contributed by atoms with E-state index < -0.39 is 5.54 Å². The summed E-state index contributed by atoms with van der Waals surface area (Å²) < 4.78 is 7.36. The van der Waals surface area contributed by atoms with Crippen LogP contribution in [0.4, 0.5) is 0 Å². The Bertz CT molecular complexity index is 467. The van der Waals surface area contributed by atoms with Gasteiger partial charge in [0.05, 0.1) is 6.61 Å². The summed E-state index contributed by atoms with van der Waals surface area (Å²) in [4.78, 5) is 16.6. The molecule has 112 valence electrons. The fourth-order valence-electron chi connectivity index (χ4n) is 2.71. The van der Waals surface area contributed by atoms with Gasteiger partial charge in [0.2, 0.25) is 0 Å². The normalized spacial score (nSPS) is 19.4. The minimum atomic E-state index is -0.632. The fourth-order valence-corrected chi connectivity index (χ4v) is 2.71. The van der Waals surface area contributed by atoms with Gasteiger partial charge in [-0.2, -0.15) is 0 Å². The predicted octanol–water partition coefficient (Wildman–Crippen LogP) is 2.22. The standard InChI is InChI=1S/C15H25N3O2/c1-5-20-14(19)15(4,17-13-6-7-13)10-11(2)18-9-8-16-12(18)3/h8-9,11,13,17H,5-7,10H2,1-4H3. The number of nitrogens with one attached hydrogen (secondary N) is 1. The number of hydrogen-bond acceptors (Lipinski definition) is 4. The first-order valence-corrected chi connectivity index (χ1v) is 7.40. The van der Waals surface area contributed by atoms with Crippen molar-refractivity contribution < 1.29 is 9.53 Å². The quantitative estimate of drug-likeness (QED) is 0.778. The molecule has 1 saturated carbocycles. The Hall–Kier alpha value is -1.36. The number of ether oxygens (including phenoxy) is 1. The van der Waals surface area contributed by atoms with Crippen molar-refractivity contribution in [3.05, 3.63) is 18.2 Å². The van der Waals surface area contributed by atoms with Gasteiger partial charge in [0, 0.05) is 24.5 Å². The van der Waals surface area contributed by atoms with E-state index in [-0.39, 0.29) is 12.0 Å². The zero-order valence-corrected chi connectivity index (χ0v) is 12.8. The number of hydrogen-bond donors (Lipinski definition) is 1. The Morgan fingerprint density at radius 2 is 2.35 bits per heavy atom. The molecule has 1 N–H and O–H groups in total. The first-order chi connectivity index (χ1) is 9.46. The molecule has 0 aliphatic heterocycles. The van der Waals surface area contributed by atoms with Crippen LogP contribution in [-0.2, 0) is 9.53 Å². The summed E-state index contributed by atoms with van der Waals surface area (Å²) in [7, 11) is 0. The molecule has 0 radical (unpaired) electrons. The van der Waals surface area contributed by atoms with Crippen LogP contribution in [-0.4, -0.2) is 33.7 Å². The van der Waals surface area contributed by atoms with Crippen molar-refractivity contribution in [2.24, 2.45) is 0 Å². The van der Waals surface area contributed by atoms with E-state index in [1.165, 1.54) is 0 Å². The van der Waals surface area contributed by atoms with Crippen LogP contribution in [0.3, 0.4) is 0 Å². The Morgan fingerprint density at radius 3 is 2.85 bits per heavy atom. The lowest BCUT2D eigenvalue weighted by molar-refractivity contribution is -0.151. The molecule has 1 aliphatic carbocycles. The van der Waals surface area contributed by atoms with Crippen LogP contribution in [0.25, 0.3) is 0 Å². The van der Waals surface area contributed by atoms with Crippen LogP contribution in [0, 0.1) is 6.92 Å². The largest absolute Gasteiger partial charge is 0.465 e. The third-order valence-corrected chi connectivity index (χ3v) is 3.87. The van der Waals surface area contributed by atoms with E-state index in [1.807, 2.05) is 27.0 Å². The van der Waals surface area contributed by atoms with Crippen molar-refractivity contribution in [1.29, 1.82) is 0 Å². The van der Waals surface area contributed by atoms with E-state index in [0.29, 0.717) is 19.1 Å². The van der Waals surface area contributed by atoms with Gasteiger partial charge < -0.3 is 9.30 Å². The van der Waals surface area contributed by atoms with Gasteiger partial charge in [0.25, 0.3) is 0 Å². The maximum atomic E-state index is 12.3. The second-order valence-electron chi connectivity index (χ2n) is 5.91. The minimum absolute atomic E-state index is 0.156. The van der Waals surface area contributed by atoms with Crippen LogP contribution in [0.2, 0.25) is 0 Å². The monoisotopic (exact) mass is 279 g/mol. The molecule has 0 bridgehead atoms. The molecule has 2 atom stereocenters. The molecule has 0 spiro atoms. The second kappa shape index (κ2) is 5.95. The van der Waals surface area contributed by atoms with Gasteiger partial charge in [-0.1, -0.05) is 0 Å². The zero-order chi connectivity index (χ0) is 14.8. The molecule has 1 aliphatic rings. The van der Waals surface area contributed by atoms with Gasteiger partial charge in [0.15, 0.2) is 0 Å². The molecular formula is C15H25N3O2. The highest BCUT2D eigenvalue weighted by Crippen LogP contribution is 2.29. The molecular weight excluding hydrogens is 254 g/mol. The summed E-state index contributed by atoms with van der Waals surface area (Å²) in [5, 5.41) is 3.46. The summed E-state index contributed by atoms with van der Waals surface area (Å²) in [5.74, 6) is 0.812. The smallest absolute Gasteiger partial charge is 0.326 e. The average molecular weight is 279 g/mol. The van der Waals surface area contributed by atoms with Crippen molar-refractivity contribution >= 4 is 5.97 Å². The van der Waals surface area contributed by atoms with Gasteiger partial charge in [-0.05, 0) is 47.0 Å². The van der Waals surface area contributed by atoms with Gasteiger partial charge in [-0.3, -0.25) is 10.1 Å². The highest BCUT2D eigenvalue weighted by molar-refractivity contribution is 5.80. The number of carbonyl (C=O) groups excluding carboxylic acids is 1. The molecule has 1 fully saturated rings. The molecule has 0 amide bonds. The first-order valence-electron chi connectivity index (χ1n) is 7.40. The Balaban J connectivity index is 2.10. The number of aromatic nitrogens is 2. The van der Waals surface area contributed by atoms with Crippen molar-refractivity contribution in [3.63, 3.8) is 0 Å². The number of imidazole rings is 1. The molecule has 1 aromatic rings. The topological polar surface area (TPSA) is 56.2 Å². The average Bonchev–Trinajstić information content (AvgIpc) is 3.07. The number of aryl methyl sites for hydroxylation is 1. The van der Waals surface area contributed by atoms with Crippen LogP contribution < -0.4 is 5.32 Å². The lowest BCUT2D eigenvalue weighted by atomic mass is 9.93. The van der Waals surface area contributed by atoms with Crippen molar-refractivity contribution in [2.45, 2.75) is 64.6 Å². The SMILES string of the molecule is CCOC(=O)C(C)(CC(C)n1ccnc1C)NC1CC1. The Kier molecular flexibility index (Phi) is 4.48. The van der Waals surface area contributed by atoms with Crippen LogP contribution in [0.15, 0.2) is 12.4 Å². The molecule has 1 heterocycles. The van der Waals surface area contributed by atoms with Gasteiger partial charge in [0.1, 0.15) is 11.4 Å². The molecule has 5 nitrogen and oxygen atoms in total. The van der Waals surface area contributed by atoms with E-state index in [9.17, 15) is 4.79 Å². The van der Waals surface area contributed by atoms with E-state index in [4.69, 9.17) is 4.74 Å².